The van der Waals surface area contributed by atoms with Crippen LogP contribution in [0.25, 0.3) is 22.3 Å². The molecule has 0 saturated heterocycles. The molecule has 0 atom stereocenters. The molecule has 0 radical (unpaired) electrons. The number of hydrogen-bond acceptors (Lipinski definition) is 4. The first kappa shape index (κ1) is 21.1. The maximum atomic E-state index is 11.8. The number of aromatic hydroxyl groups is 1. The first-order valence-corrected chi connectivity index (χ1v) is 10.5. The lowest BCUT2D eigenvalue weighted by molar-refractivity contribution is 0.0999. The minimum atomic E-state index is -0.435. The summed E-state index contributed by atoms with van der Waals surface area (Å²) < 4.78 is 0. The molecule has 1 amide bonds. The maximum absolute atomic E-state index is 11.8. The van der Waals surface area contributed by atoms with Crippen LogP contribution in [0.1, 0.15) is 21.5 Å². The topological polar surface area (TPSA) is 88.2 Å². The minimum absolute atomic E-state index is 0.209. The Bertz CT molecular complexity index is 1250. The second-order valence-corrected chi connectivity index (χ2v) is 7.65. The fourth-order valence-corrected chi connectivity index (χ4v) is 3.90. The van der Waals surface area contributed by atoms with Gasteiger partial charge in [-0.15, -0.1) is 0 Å². The average Bonchev–Trinajstić information content (AvgIpc) is 2.81. The van der Waals surface area contributed by atoms with Gasteiger partial charge in [0.2, 0.25) is 5.91 Å². The number of benzene rings is 3. The summed E-state index contributed by atoms with van der Waals surface area (Å²) >= 11 is 0. The zero-order valence-corrected chi connectivity index (χ0v) is 17.9. The molecule has 0 spiro atoms. The molecule has 5 nitrogen and oxygen atoms in total. The van der Waals surface area contributed by atoms with Crippen molar-refractivity contribution in [3.8, 4) is 28.0 Å². The third kappa shape index (κ3) is 4.47. The van der Waals surface area contributed by atoms with Crippen LogP contribution in [0.2, 0.25) is 0 Å². The van der Waals surface area contributed by atoms with E-state index in [0.717, 1.165) is 33.4 Å². The number of primary amides is 1. The summed E-state index contributed by atoms with van der Waals surface area (Å²) in [6.07, 6.45) is 4.28. The molecule has 32 heavy (non-hydrogen) atoms. The molecule has 3 aromatic carbocycles. The highest BCUT2D eigenvalue weighted by atomic mass is 16.3. The molecule has 4 rings (SSSR count). The Balaban J connectivity index is 1.55. The van der Waals surface area contributed by atoms with Gasteiger partial charge in [0.25, 0.3) is 0 Å². The molecule has 0 saturated carbocycles. The van der Waals surface area contributed by atoms with Crippen LogP contribution >= 0.6 is 0 Å². The molecule has 0 aliphatic heterocycles. The summed E-state index contributed by atoms with van der Waals surface area (Å²) in [6, 6.07) is 23.2. The summed E-state index contributed by atoms with van der Waals surface area (Å²) in [4.78, 5) is 16.0. The van der Waals surface area contributed by atoms with Gasteiger partial charge in [0.15, 0.2) is 0 Å². The lowest BCUT2D eigenvalue weighted by Gasteiger charge is -2.15. The Labute approximate surface area is 187 Å². The SMILES string of the molecule is Cc1c(C(N)=O)cccc1-c1ccncc1CCNc1cc(-c2ccccc2)ccc1O. The van der Waals surface area contributed by atoms with Gasteiger partial charge in [-0.3, -0.25) is 9.78 Å². The number of phenols is 1. The van der Waals surface area contributed by atoms with Crippen molar-refractivity contribution < 1.29 is 9.90 Å². The van der Waals surface area contributed by atoms with Crippen LogP contribution in [0, 0.1) is 6.92 Å². The number of aromatic nitrogens is 1. The van der Waals surface area contributed by atoms with E-state index in [9.17, 15) is 9.90 Å². The van der Waals surface area contributed by atoms with Crippen molar-refractivity contribution in [1.82, 2.24) is 4.98 Å². The van der Waals surface area contributed by atoms with Crippen LogP contribution in [0.15, 0.2) is 85.2 Å². The summed E-state index contributed by atoms with van der Waals surface area (Å²) in [5.41, 5.74) is 12.7. The first-order valence-electron chi connectivity index (χ1n) is 10.5. The predicted octanol–water partition coefficient (Wildman–Crippen LogP) is 5.18. The fraction of sp³-hybridized carbons (Fsp3) is 0.111. The third-order valence-corrected chi connectivity index (χ3v) is 5.61. The Morgan fingerprint density at radius 2 is 1.78 bits per heavy atom. The largest absolute Gasteiger partial charge is 0.506 e. The first-order chi connectivity index (χ1) is 15.5. The number of anilines is 1. The third-order valence-electron chi connectivity index (χ3n) is 5.61. The summed E-state index contributed by atoms with van der Waals surface area (Å²) in [7, 11) is 0. The van der Waals surface area contributed by atoms with Crippen LogP contribution in [0.4, 0.5) is 5.69 Å². The highest BCUT2D eigenvalue weighted by Crippen LogP contribution is 2.31. The Kier molecular flexibility index (Phi) is 6.17. The lowest BCUT2D eigenvalue weighted by atomic mass is 9.93. The van der Waals surface area contributed by atoms with Gasteiger partial charge in [0.1, 0.15) is 5.75 Å². The smallest absolute Gasteiger partial charge is 0.248 e. The van der Waals surface area contributed by atoms with Gasteiger partial charge in [-0.05, 0) is 71.0 Å². The lowest BCUT2D eigenvalue weighted by Crippen LogP contribution is -2.13. The average molecular weight is 424 g/mol. The zero-order chi connectivity index (χ0) is 22.5. The summed E-state index contributed by atoms with van der Waals surface area (Å²) in [5.74, 6) is -0.225. The number of hydrogen-bond donors (Lipinski definition) is 3. The summed E-state index contributed by atoms with van der Waals surface area (Å²) in [5, 5.41) is 13.7. The number of amides is 1. The fourth-order valence-electron chi connectivity index (χ4n) is 3.90. The van der Waals surface area contributed by atoms with Crippen LogP contribution in [-0.2, 0) is 6.42 Å². The molecule has 1 heterocycles. The Morgan fingerprint density at radius 3 is 2.56 bits per heavy atom. The number of nitrogens with one attached hydrogen (secondary N) is 1. The number of nitrogens with two attached hydrogens (primary N) is 1. The second kappa shape index (κ2) is 9.35. The molecule has 5 heteroatoms. The van der Waals surface area contributed by atoms with E-state index in [4.69, 9.17) is 5.73 Å². The zero-order valence-electron chi connectivity index (χ0n) is 17.9. The van der Waals surface area contributed by atoms with E-state index in [2.05, 4.69) is 10.3 Å². The molecule has 0 unspecified atom stereocenters. The maximum Gasteiger partial charge on any atom is 0.248 e. The molecule has 0 bridgehead atoms. The van der Waals surface area contributed by atoms with Gasteiger partial charge in [-0.1, -0.05) is 48.5 Å². The van der Waals surface area contributed by atoms with E-state index in [1.165, 1.54) is 0 Å². The number of pyridine rings is 1. The van der Waals surface area contributed by atoms with Gasteiger partial charge >= 0.3 is 0 Å². The van der Waals surface area contributed by atoms with Gasteiger partial charge in [0.05, 0.1) is 5.69 Å². The van der Waals surface area contributed by atoms with E-state index in [-0.39, 0.29) is 5.75 Å². The van der Waals surface area contributed by atoms with Crippen molar-refractivity contribution in [2.24, 2.45) is 5.73 Å². The van der Waals surface area contributed by atoms with Crippen molar-refractivity contribution in [1.29, 1.82) is 0 Å². The number of carbonyl (C=O) groups excluding carboxylic acids is 1. The molecular formula is C27H25N3O2. The quantitative estimate of drug-likeness (QED) is 0.357. The number of phenolic OH excluding ortho intramolecular Hbond substituents is 1. The molecule has 1 aromatic heterocycles. The Hall–Kier alpha value is -4.12. The minimum Gasteiger partial charge on any atom is -0.506 e. The monoisotopic (exact) mass is 423 g/mol. The van der Waals surface area contributed by atoms with Crippen molar-refractivity contribution in [3.63, 3.8) is 0 Å². The highest BCUT2D eigenvalue weighted by molar-refractivity contribution is 5.96. The summed E-state index contributed by atoms with van der Waals surface area (Å²) in [6.45, 7) is 2.52. The standard InChI is InChI=1S/C27H25N3O2/c1-18-22(8-5-9-23(18)27(28)32)24-13-14-29-17-21(24)12-15-30-25-16-20(10-11-26(25)31)19-6-3-2-4-7-19/h2-11,13-14,16-17,30-31H,12,15H2,1H3,(H2,28,32). The van der Waals surface area contributed by atoms with Crippen molar-refractivity contribution in [2.75, 3.05) is 11.9 Å². The van der Waals surface area contributed by atoms with Gasteiger partial charge < -0.3 is 16.2 Å². The van der Waals surface area contributed by atoms with Crippen LogP contribution in [-0.4, -0.2) is 22.5 Å². The van der Waals surface area contributed by atoms with E-state index in [1.54, 1.807) is 18.3 Å². The van der Waals surface area contributed by atoms with Gasteiger partial charge in [-0.25, -0.2) is 0 Å². The predicted molar refractivity (Wildman–Crippen MR) is 129 cm³/mol. The van der Waals surface area contributed by atoms with Crippen molar-refractivity contribution >= 4 is 11.6 Å². The van der Waals surface area contributed by atoms with Gasteiger partial charge in [-0.2, -0.15) is 0 Å². The van der Waals surface area contributed by atoms with E-state index >= 15 is 0 Å². The van der Waals surface area contributed by atoms with Crippen molar-refractivity contribution in [2.45, 2.75) is 13.3 Å². The van der Waals surface area contributed by atoms with E-state index in [1.807, 2.05) is 73.8 Å². The molecule has 0 fully saturated rings. The van der Waals surface area contributed by atoms with Crippen LogP contribution < -0.4 is 11.1 Å². The van der Waals surface area contributed by atoms with Crippen LogP contribution in [0.3, 0.4) is 0 Å². The number of carbonyl (C=O) groups is 1. The molecule has 4 N–H and O–H groups in total. The second-order valence-electron chi connectivity index (χ2n) is 7.65. The molecule has 0 aliphatic carbocycles. The van der Waals surface area contributed by atoms with E-state index < -0.39 is 5.91 Å². The number of rotatable bonds is 7. The normalized spacial score (nSPS) is 10.7. The van der Waals surface area contributed by atoms with Gasteiger partial charge in [0, 0.05) is 24.5 Å². The Morgan fingerprint density at radius 1 is 0.969 bits per heavy atom. The van der Waals surface area contributed by atoms with Crippen LogP contribution in [0.5, 0.6) is 5.75 Å². The highest BCUT2D eigenvalue weighted by Gasteiger charge is 2.13. The molecular weight excluding hydrogens is 398 g/mol. The van der Waals surface area contributed by atoms with E-state index in [0.29, 0.717) is 24.2 Å². The van der Waals surface area contributed by atoms with Crippen molar-refractivity contribution in [3.05, 3.63) is 102 Å². The number of nitrogens with zero attached hydrogens (tertiary/aromatic N) is 1. The molecule has 0 aliphatic rings. The molecule has 160 valence electrons. The molecule has 4 aromatic rings.